The monoisotopic (exact) mass is 190 g/mol. The highest BCUT2D eigenvalue weighted by Crippen LogP contribution is 2.19. The van der Waals surface area contributed by atoms with Crippen LogP contribution in [0.5, 0.6) is 5.75 Å². The average molecular weight is 190 g/mol. The first-order valence-corrected chi connectivity index (χ1v) is 4.54. The van der Waals surface area contributed by atoms with E-state index < -0.39 is 0 Å². The van der Waals surface area contributed by atoms with Crippen LogP contribution < -0.4 is 4.74 Å². The van der Waals surface area contributed by atoms with Crippen molar-refractivity contribution >= 4 is 5.78 Å². The quantitative estimate of drug-likeness (QED) is 0.539. The van der Waals surface area contributed by atoms with Crippen LogP contribution in [0.25, 0.3) is 0 Å². The SMILES string of the molecule is C=CC(C)Oc1ccccc1C(C)=O. The zero-order valence-electron chi connectivity index (χ0n) is 8.49. The fourth-order valence-corrected chi connectivity index (χ4v) is 1.11. The van der Waals surface area contributed by atoms with Crippen LogP contribution in [0.15, 0.2) is 36.9 Å². The summed E-state index contributed by atoms with van der Waals surface area (Å²) in [4.78, 5) is 11.2. The molecular weight excluding hydrogens is 176 g/mol. The zero-order valence-corrected chi connectivity index (χ0v) is 8.49. The number of hydrogen-bond acceptors (Lipinski definition) is 2. The first-order valence-electron chi connectivity index (χ1n) is 4.54. The third-order valence-electron chi connectivity index (χ3n) is 1.91. The molecule has 0 bridgehead atoms. The smallest absolute Gasteiger partial charge is 0.163 e. The van der Waals surface area contributed by atoms with E-state index in [9.17, 15) is 4.79 Å². The summed E-state index contributed by atoms with van der Waals surface area (Å²) < 4.78 is 5.52. The molecule has 0 fully saturated rings. The van der Waals surface area contributed by atoms with E-state index in [1.54, 1.807) is 18.2 Å². The summed E-state index contributed by atoms with van der Waals surface area (Å²) in [7, 11) is 0. The number of para-hydroxylation sites is 1. The maximum absolute atomic E-state index is 11.2. The molecule has 2 nitrogen and oxygen atoms in total. The van der Waals surface area contributed by atoms with Crippen molar-refractivity contribution in [3.8, 4) is 5.75 Å². The summed E-state index contributed by atoms with van der Waals surface area (Å²) in [5.41, 5.74) is 0.612. The fourth-order valence-electron chi connectivity index (χ4n) is 1.11. The van der Waals surface area contributed by atoms with Gasteiger partial charge in [0.25, 0.3) is 0 Å². The van der Waals surface area contributed by atoms with Gasteiger partial charge in [0.15, 0.2) is 5.78 Å². The summed E-state index contributed by atoms with van der Waals surface area (Å²) in [5, 5.41) is 0. The van der Waals surface area contributed by atoms with Crippen LogP contribution >= 0.6 is 0 Å². The third kappa shape index (κ3) is 2.46. The van der Waals surface area contributed by atoms with Crippen LogP contribution in [0, 0.1) is 0 Å². The van der Waals surface area contributed by atoms with Gasteiger partial charge in [-0.1, -0.05) is 24.8 Å². The van der Waals surface area contributed by atoms with Crippen LogP contribution in [-0.2, 0) is 0 Å². The van der Waals surface area contributed by atoms with E-state index in [0.717, 1.165) is 0 Å². The number of hydrogen-bond donors (Lipinski definition) is 0. The Morgan fingerprint density at radius 3 is 2.71 bits per heavy atom. The van der Waals surface area contributed by atoms with E-state index in [4.69, 9.17) is 4.74 Å². The molecule has 0 saturated carbocycles. The van der Waals surface area contributed by atoms with E-state index in [0.29, 0.717) is 11.3 Å². The van der Waals surface area contributed by atoms with Gasteiger partial charge in [-0.15, -0.1) is 0 Å². The second-order valence-corrected chi connectivity index (χ2v) is 3.11. The van der Waals surface area contributed by atoms with E-state index in [2.05, 4.69) is 6.58 Å². The third-order valence-corrected chi connectivity index (χ3v) is 1.91. The molecule has 0 saturated heterocycles. The number of carbonyl (C=O) groups is 1. The minimum absolute atomic E-state index is 0.0110. The molecule has 1 rings (SSSR count). The molecule has 1 aromatic carbocycles. The highest BCUT2D eigenvalue weighted by Gasteiger charge is 2.08. The molecule has 0 aromatic heterocycles. The summed E-state index contributed by atoms with van der Waals surface area (Å²) in [6, 6.07) is 7.21. The molecule has 0 N–H and O–H groups in total. The molecule has 2 heteroatoms. The predicted octanol–water partition coefficient (Wildman–Crippen LogP) is 2.84. The largest absolute Gasteiger partial charge is 0.486 e. The van der Waals surface area contributed by atoms with Gasteiger partial charge in [-0.2, -0.15) is 0 Å². The van der Waals surface area contributed by atoms with Gasteiger partial charge in [0.2, 0.25) is 0 Å². The topological polar surface area (TPSA) is 26.3 Å². The Morgan fingerprint density at radius 1 is 1.50 bits per heavy atom. The molecule has 14 heavy (non-hydrogen) atoms. The zero-order chi connectivity index (χ0) is 10.6. The lowest BCUT2D eigenvalue weighted by atomic mass is 10.1. The number of Topliss-reactive ketones (excluding diaryl/α,β-unsaturated/α-hetero) is 1. The predicted molar refractivity (Wildman–Crippen MR) is 56.7 cm³/mol. The molecule has 0 radical (unpaired) electrons. The molecule has 0 spiro atoms. The summed E-state index contributed by atoms with van der Waals surface area (Å²) in [6.45, 7) is 7.03. The van der Waals surface area contributed by atoms with Gasteiger partial charge in [0.05, 0.1) is 5.56 Å². The molecule has 0 heterocycles. The summed E-state index contributed by atoms with van der Waals surface area (Å²) in [6.07, 6.45) is 1.60. The first kappa shape index (κ1) is 10.5. The molecule has 0 aliphatic carbocycles. The van der Waals surface area contributed by atoms with Crippen LogP contribution in [0.2, 0.25) is 0 Å². The van der Waals surface area contributed by atoms with Crippen LogP contribution in [0.4, 0.5) is 0 Å². The molecule has 0 aliphatic heterocycles. The standard InChI is InChI=1S/C12H14O2/c1-4-9(2)14-12-8-6-5-7-11(12)10(3)13/h4-9H,1H2,2-3H3. The van der Waals surface area contributed by atoms with Crippen molar-refractivity contribution < 1.29 is 9.53 Å². The van der Waals surface area contributed by atoms with Crippen LogP contribution in [-0.4, -0.2) is 11.9 Å². The van der Waals surface area contributed by atoms with Gasteiger partial charge >= 0.3 is 0 Å². The Balaban J connectivity index is 2.95. The van der Waals surface area contributed by atoms with Crippen molar-refractivity contribution in [2.75, 3.05) is 0 Å². The lowest BCUT2D eigenvalue weighted by molar-refractivity contribution is 0.101. The minimum Gasteiger partial charge on any atom is -0.486 e. The Labute approximate surface area is 84.2 Å². The first-order chi connectivity index (χ1) is 6.65. The summed E-state index contributed by atoms with van der Waals surface area (Å²) >= 11 is 0. The molecule has 0 amide bonds. The highest BCUT2D eigenvalue weighted by molar-refractivity contribution is 5.96. The van der Waals surface area contributed by atoms with Crippen molar-refractivity contribution in [3.63, 3.8) is 0 Å². The fraction of sp³-hybridized carbons (Fsp3) is 0.250. The van der Waals surface area contributed by atoms with Gasteiger partial charge < -0.3 is 4.74 Å². The maximum atomic E-state index is 11.2. The van der Waals surface area contributed by atoms with Gasteiger partial charge in [0.1, 0.15) is 11.9 Å². The van der Waals surface area contributed by atoms with E-state index in [-0.39, 0.29) is 11.9 Å². The maximum Gasteiger partial charge on any atom is 0.163 e. The average Bonchev–Trinajstić information content (AvgIpc) is 2.18. The Hall–Kier alpha value is -1.57. The lowest BCUT2D eigenvalue weighted by Crippen LogP contribution is -2.10. The van der Waals surface area contributed by atoms with E-state index in [1.165, 1.54) is 6.92 Å². The van der Waals surface area contributed by atoms with Crippen molar-refractivity contribution in [2.45, 2.75) is 20.0 Å². The number of carbonyl (C=O) groups excluding carboxylic acids is 1. The van der Waals surface area contributed by atoms with Crippen molar-refractivity contribution in [3.05, 3.63) is 42.5 Å². The van der Waals surface area contributed by atoms with E-state index in [1.807, 2.05) is 19.1 Å². The number of rotatable bonds is 4. The Morgan fingerprint density at radius 2 is 2.14 bits per heavy atom. The van der Waals surface area contributed by atoms with Crippen LogP contribution in [0.3, 0.4) is 0 Å². The second-order valence-electron chi connectivity index (χ2n) is 3.11. The molecule has 1 aromatic rings. The van der Waals surface area contributed by atoms with E-state index >= 15 is 0 Å². The Bertz CT molecular complexity index is 342. The molecule has 74 valence electrons. The van der Waals surface area contributed by atoms with Crippen molar-refractivity contribution in [1.82, 2.24) is 0 Å². The van der Waals surface area contributed by atoms with Crippen molar-refractivity contribution in [1.29, 1.82) is 0 Å². The van der Waals surface area contributed by atoms with Gasteiger partial charge in [-0.05, 0) is 26.0 Å². The van der Waals surface area contributed by atoms with Crippen LogP contribution in [0.1, 0.15) is 24.2 Å². The molecule has 1 unspecified atom stereocenters. The molecule has 0 aliphatic rings. The highest BCUT2D eigenvalue weighted by atomic mass is 16.5. The second kappa shape index (κ2) is 4.61. The molecular formula is C12H14O2. The van der Waals surface area contributed by atoms with Gasteiger partial charge in [-0.25, -0.2) is 0 Å². The normalized spacial score (nSPS) is 11.9. The van der Waals surface area contributed by atoms with Crippen molar-refractivity contribution in [2.24, 2.45) is 0 Å². The number of ether oxygens (including phenoxy) is 1. The number of benzene rings is 1. The van der Waals surface area contributed by atoms with Gasteiger partial charge in [-0.3, -0.25) is 4.79 Å². The Kier molecular flexibility index (Phi) is 3.46. The summed E-state index contributed by atoms with van der Waals surface area (Å²) in [5.74, 6) is 0.629. The van der Waals surface area contributed by atoms with Gasteiger partial charge in [0, 0.05) is 0 Å². The number of ketones is 1. The minimum atomic E-state index is -0.0875. The molecule has 1 atom stereocenters. The lowest BCUT2D eigenvalue weighted by Gasteiger charge is -2.12.